The highest BCUT2D eigenvalue weighted by Crippen LogP contribution is 2.46. The summed E-state index contributed by atoms with van der Waals surface area (Å²) < 4.78 is 18.8. The summed E-state index contributed by atoms with van der Waals surface area (Å²) in [6, 6.07) is 6.01. The van der Waals surface area contributed by atoms with E-state index in [0.29, 0.717) is 42.0 Å². The van der Waals surface area contributed by atoms with Crippen LogP contribution in [0.25, 0.3) is 11.5 Å². The minimum atomic E-state index is -0.348. The van der Waals surface area contributed by atoms with Crippen LogP contribution >= 0.6 is 0 Å². The highest BCUT2D eigenvalue weighted by atomic mass is 19.1. The second-order valence-electron chi connectivity index (χ2n) is 8.28. The van der Waals surface area contributed by atoms with Crippen molar-refractivity contribution in [3.05, 3.63) is 60.2 Å². The Morgan fingerprint density at radius 2 is 2.07 bits per heavy atom. The molecular weight excluding hydrogens is 385 g/mol. The topological polar surface area (TPSA) is 85.0 Å². The number of aromatic nitrogens is 4. The summed E-state index contributed by atoms with van der Waals surface area (Å²) in [4.78, 5) is 27.7. The van der Waals surface area contributed by atoms with E-state index < -0.39 is 0 Å². The number of carbonyl (C=O) groups is 1. The molecule has 0 spiro atoms. The molecule has 8 heteroatoms. The van der Waals surface area contributed by atoms with Gasteiger partial charge in [-0.3, -0.25) is 9.78 Å². The third-order valence-electron chi connectivity index (χ3n) is 6.01. The van der Waals surface area contributed by atoms with Crippen LogP contribution in [0.5, 0.6) is 0 Å². The maximum absolute atomic E-state index is 13.3. The number of carbonyl (C=O) groups excluding carboxylic acids is 1. The Labute approximate surface area is 173 Å². The molecule has 3 aromatic rings. The zero-order valence-corrected chi connectivity index (χ0v) is 16.5. The van der Waals surface area contributed by atoms with Gasteiger partial charge in [-0.1, -0.05) is 18.0 Å². The van der Waals surface area contributed by atoms with Gasteiger partial charge in [-0.25, -0.2) is 9.37 Å². The number of amides is 1. The SMILES string of the molecule is O=C(c1cnccn1)N1CCCC(CC2CC2)(c2noc(-c3ccc(F)cc3)n2)C1. The minimum Gasteiger partial charge on any atom is -0.336 e. The van der Waals surface area contributed by atoms with E-state index in [-0.39, 0.29) is 17.1 Å². The van der Waals surface area contributed by atoms with Crippen LogP contribution in [0, 0.1) is 11.7 Å². The van der Waals surface area contributed by atoms with Gasteiger partial charge >= 0.3 is 0 Å². The van der Waals surface area contributed by atoms with Gasteiger partial charge in [-0.15, -0.1) is 0 Å². The molecule has 1 amide bonds. The second-order valence-corrected chi connectivity index (χ2v) is 8.28. The first-order valence-electron chi connectivity index (χ1n) is 10.3. The van der Waals surface area contributed by atoms with Crippen LogP contribution in [0.1, 0.15) is 48.4 Å². The number of benzene rings is 1. The van der Waals surface area contributed by atoms with Crippen LogP contribution in [0.2, 0.25) is 0 Å². The van der Waals surface area contributed by atoms with E-state index in [0.717, 1.165) is 19.3 Å². The van der Waals surface area contributed by atoms with Gasteiger partial charge in [0, 0.05) is 31.0 Å². The van der Waals surface area contributed by atoms with Crippen molar-refractivity contribution in [1.82, 2.24) is 25.0 Å². The van der Waals surface area contributed by atoms with Crippen molar-refractivity contribution >= 4 is 5.91 Å². The van der Waals surface area contributed by atoms with Gasteiger partial charge in [0.25, 0.3) is 11.8 Å². The van der Waals surface area contributed by atoms with Crippen molar-refractivity contribution in [3.8, 4) is 11.5 Å². The maximum Gasteiger partial charge on any atom is 0.274 e. The fraction of sp³-hybridized carbons (Fsp3) is 0.409. The van der Waals surface area contributed by atoms with Gasteiger partial charge < -0.3 is 9.42 Å². The lowest BCUT2D eigenvalue weighted by atomic mass is 9.74. The number of hydrogen-bond acceptors (Lipinski definition) is 6. The predicted octanol–water partition coefficient (Wildman–Crippen LogP) is 3.64. The molecule has 0 radical (unpaired) electrons. The summed E-state index contributed by atoms with van der Waals surface area (Å²) in [5.74, 6) is 1.20. The third kappa shape index (κ3) is 3.69. The molecule has 0 N–H and O–H groups in total. The lowest BCUT2D eigenvalue weighted by Gasteiger charge is -2.41. The Hall–Kier alpha value is -3.16. The molecule has 3 heterocycles. The van der Waals surface area contributed by atoms with Gasteiger partial charge in [0.15, 0.2) is 5.82 Å². The highest BCUT2D eigenvalue weighted by Gasteiger charge is 2.46. The van der Waals surface area contributed by atoms with Crippen LogP contribution in [-0.4, -0.2) is 44.0 Å². The fourth-order valence-electron chi connectivity index (χ4n) is 4.34. The van der Waals surface area contributed by atoms with Crippen LogP contribution in [0.15, 0.2) is 47.4 Å². The van der Waals surface area contributed by atoms with Crippen molar-refractivity contribution in [2.45, 2.75) is 37.5 Å². The third-order valence-corrected chi connectivity index (χ3v) is 6.01. The molecule has 2 aromatic heterocycles. The molecule has 5 rings (SSSR count). The van der Waals surface area contributed by atoms with Gasteiger partial charge in [-0.2, -0.15) is 4.98 Å². The second kappa shape index (κ2) is 7.59. The van der Waals surface area contributed by atoms with Crippen LogP contribution in [-0.2, 0) is 5.41 Å². The molecule has 1 aromatic carbocycles. The van der Waals surface area contributed by atoms with E-state index >= 15 is 0 Å². The van der Waals surface area contributed by atoms with Gasteiger partial charge in [0.05, 0.1) is 11.6 Å². The first-order chi connectivity index (χ1) is 14.6. The molecule has 1 saturated carbocycles. The number of piperidine rings is 1. The largest absolute Gasteiger partial charge is 0.336 e. The number of nitrogens with zero attached hydrogens (tertiary/aromatic N) is 5. The summed E-state index contributed by atoms with van der Waals surface area (Å²) in [5, 5.41) is 4.31. The first-order valence-corrected chi connectivity index (χ1v) is 10.3. The summed E-state index contributed by atoms with van der Waals surface area (Å²) in [5.41, 5.74) is 0.679. The van der Waals surface area contributed by atoms with Crippen molar-refractivity contribution in [1.29, 1.82) is 0 Å². The lowest BCUT2D eigenvalue weighted by Crippen LogP contribution is -2.49. The molecule has 1 unspecified atom stereocenters. The Morgan fingerprint density at radius 1 is 1.23 bits per heavy atom. The predicted molar refractivity (Wildman–Crippen MR) is 106 cm³/mol. The molecular formula is C22H22FN5O2. The molecule has 2 aliphatic rings. The first kappa shape index (κ1) is 18.8. The smallest absolute Gasteiger partial charge is 0.274 e. The highest BCUT2D eigenvalue weighted by molar-refractivity contribution is 5.92. The van der Waals surface area contributed by atoms with Crippen molar-refractivity contribution in [3.63, 3.8) is 0 Å². The van der Waals surface area contributed by atoms with Gasteiger partial charge in [-0.05, 0) is 49.4 Å². The monoisotopic (exact) mass is 407 g/mol. The van der Waals surface area contributed by atoms with E-state index in [4.69, 9.17) is 4.52 Å². The number of halogens is 1. The van der Waals surface area contributed by atoms with E-state index in [2.05, 4.69) is 20.1 Å². The molecule has 7 nitrogen and oxygen atoms in total. The molecule has 0 bridgehead atoms. The minimum absolute atomic E-state index is 0.120. The van der Waals surface area contributed by atoms with Crippen LogP contribution in [0.3, 0.4) is 0 Å². The van der Waals surface area contributed by atoms with E-state index in [9.17, 15) is 9.18 Å². The lowest BCUT2D eigenvalue weighted by molar-refractivity contribution is 0.0601. The summed E-state index contributed by atoms with van der Waals surface area (Å²) in [6.45, 7) is 1.20. The molecule has 1 atom stereocenters. The van der Waals surface area contributed by atoms with Gasteiger partial charge in [0.1, 0.15) is 11.5 Å². The Bertz CT molecular complexity index is 1040. The maximum atomic E-state index is 13.3. The summed E-state index contributed by atoms with van der Waals surface area (Å²) in [7, 11) is 0. The van der Waals surface area contributed by atoms with Crippen LogP contribution < -0.4 is 0 Å². The molecule has 1 aliphatic carbocycles. The summed E-state index contributed by atoms with van der Waals surface area (Å²) >= 11 is 0. The van der Waals surface area contributed by atoms with E-state index in [1.165, 1.54) is 37.4 Å². The Balaban J connectivity index is 1.44. The van der Waals surface area contributed by atoms with Gasteiger partial charge in [0.2, 0.25) is 0 Å². The van der Waals surface area contributed by atoms with Crippen molar-refractivity contribution in [2.24, 2.45) is 5.92 Å². The summed E-state index contributed by atoms with van der Waals surface area (Å²) in [6.07, 6.45) is 9.67. The molecule has 2 fully saturated rings. The molecule has 30 heavy (non-hydrogen) atoms. The molecule has 1 aliphatic heterocycles. The van der Waals surface area contributed by atoms with Crippen LogP contribution in [0.4, 0.5) is 4.39 Å². The van der Waals surface area contributed by atoms with Crippen molar-refractivity contribution in [2.75, 3.05) is 13.1 Å². The number of rotatable bonds is 5. The Morgan fingerprint density at radius 3 is 2.80 bits per heavy atom. The number of likely N-dealkylation sites (tertiary alicyclic amines) is 1. The number of hydrogen-bond donors (Lipinski definition) is 0. The molecule has 1 saturated heterocycles. The Kier molecular flexibility index (Phi) is 4.77. The quantitative estimate of drug-likeness (QED) is 0.642. The average Bonchev–Trinajstić information content (AvgIpc) is 3.45. The fourth-order valence-corrected chi connectivity index (χ4v) is 4.34. The van der Waals surface area contributed by atoms with E-state index in [1.54, 1.807) is 18.3 Å². The molecule has 154 valence electrons. The zero-order valence-electron chi connectivity index (χ0n) is 16.5. The van der Waals surface area contributed by atoms with E-state index in [1.807, 2.05) is 4.90 Å². The van der Waals surface area contributed by atoms with Crippen molar-refractivity contribution < 1.29 is 13.7 Å². The average molecular weight is 407 g/mol. The zero-order chi connectivity index (χ0) is 20.6. The standard InChI is InChI=1S/C22H22FN5O2/c23-17-6-4-16(5-7-17)19-26-21(27-30-19)22(12-15-2-3-15)8-1-11-28(14-22)20(29)18-13-24-9-10-25-18/h4-7,9-10,13,15H,1-3,8,11-12,14H2. The normalized spacial score (nSPS) is 21.6.